The summed E-state index contributed by atoms with van der Waals surface area (Å²) < 4.78 is 0. The molecule has 2 heteroatoms. The number of rotatable bonds is 1. The molecule has 1 atom stereocenters. The van der Waals surface area contributed by atoms with Crippen LogP contribution in [0, 0.1) is 5.92 Å². The van der Waals surface area contributed by atoms with Crippen molar-refractivity contribution in [2.24, 2.45) is 5.92 Å². The van der Waals surface area contributed by atoms with Crippen molar-refractivity contribution in [1.82, 2.24) is 0 Å². The van der Waals surface area contributed by atoms with Gasteiger partial charge >= 0.3 is 0 Å². The van der Waals surface area contributed by atoms with E-state index in [0.29, 0.717) is 6.42 Å². The smallest absolute Gasteiger partial charge is 0.138 e. The third kappa shape index (κ3) is 2.03. The first-order valence-electron chi connectivity index (χ1n) is 4.27. The normalized spacial score (nSPS) is 27.2. The van der Waals surface area contributed by atoms with Gasteiger partial charge in [0.25, 0.3) is 0 Å². The van der Waals surface area contributed by atoms with Crippen LogP contribution in [0.1, 0.15) is 39.5 Å². The summed E-state index contributed by atoms with van der Waals surface area (Å²) in [5.41, 5.74) is -0.808. The molecule has 0 aromatic carbocycles. The average Bonchev–Trinajstić information content (AvgIpc) is 1.86. The molecule has 1 N–H and O–H groups in total. The van der Waals surface area contributed by atoms with Crippen LogP contribution in [0.4, 0.5) is 0 Å². The summed E-state index contributed by atoms with van der Waals surface area (Å²) >= 11 is 0. The number of carbonyl (C=O) groups excluding carboxylic acids is 1. The van der Waals surface area contributed by atoms with Crippen LogP contribution in [0.2, 0.25) is 0 Å². The maximum absolute atomic E-state index is 11.3. The van der Waals surface area contributed by atoms with Crippen molar-refractivity contribution in [1.29, 1.82) is 0 Å². The largest absolute Gasteiger partial charge is 0.390 e. The summed E-state index contributed by atoms with van der Waals surface area (Å²) in [6, 6.07) is 0. The van der Waals surface area contributed by atoms with E-state index in [1.54, 1.807) is 13.8 Å². The molecule has 64 valence electrons. The molecule has 0 aromatic heterocycles. The molecular weight excluding hydrogens is 140 g/mol. The lowest BCUT2D eigenvalue weighted by atomic mass is 9.78. The van der Waals surface area contributed by atoms with Gasteiger partial charge in [-0.25, -0.2) is 0 Å². The van der Waals surface area contributed by atoms with Gasteiger partial charge in [0.1, 0.15) is 5.78 Å². The van der Waals surface area contributed by atoms with E-state index in [-0.39, 0.29) is 11.7 Å². The molecule has 0 aromatic rings. The third-order valence-corrected chi connectivity index (χ3v) is 2.41. The number of aliphatic hydroxyl groups is 1. The van der Waals surface area contributed by atoms with E-state index in [0.717, 1.165) is 19.3 Å². The highest BCUT2D eigenvalue weighted by Gasteiger charge is 2.34. The lowest BCUT2D eigenvalue weighted by molar-refractivity contribution is -0.132. The second-order valence-electron chi connectivity index (χ2n) is 3.92. The lowest BCUT2D eigenvalue weighted by Crippen LogP contribution is -2.38. The van der Waals surface area contributed by atoms with Gasteiger partial charge in [0.15, 0.2) is 0 Å². The highest BCUT2D eigenvalue weighted by molar-refractivity contribution is 5.82. The minimum absolute atomic E-state index is 0.115. The molecule has 0 aliphatic heterocycles. The van der Waals surface area contributed by atoms with Crippen LogP contribution < -0.4 is 0 Å². The first-order chi connectivity index (χ1) is 5.02. The van der Waals surface area contributed by atoms with Crippen LogP contribution in [0.15, 0.2) is 0 Å². The molecule has 1 unspecified atom stereocenters. The number of hydrogen-bond donors (Lipinski definition) is 1. The first-order valence-corrected chi connectivity index (χ1v) is 4.27. The van der Waals surface area contributed by atoms with Gasteiger partial charge in [-0.2, -0.15) is 0 Å². The molecule has 0 heterocycles. The molecule has 0 saturated heterocycles. The van der Waals surface area contributed by atoms with Crippen LogP contribution in [0.25, 0.3) is 0 Å². The Kier molecular flexibility index (Phi) is 2.33. The van der Waals surface area contributed by atoms with Crippen molar-refractivity contribution in [3.05, 3.63) is 0 Å². The number of Topliss-reactive ketones (excluding diaryl/α,β-unsaturated/α-hetero) is 1. The molecule has 2 nitrogen and oxygen atoms in total. The Labute approximate surface area is 67.6 Å². The second-order valence-corrected chi connectivity index (χ2v) is 3.92. The fraction of sp³-hybridized carbons (Fsp3) is 0.889. The van der Waals surface area contributed by atoms with Crippen molar-refractivity contribution in [2.45, 2.75) is 45.1 Å². The monoisotopic (exact) mass is 156 g/mol. The van der Waals surface area contributed by atoms with Crippen molar-refractivity contribution in [2.75, 3.05) is 0 Å². The lowest BCUT2D eigenvalue weighted by Gasteiger charge is -2.30. The molecule has 1 aliphatic rings. The van der Waals surface area contributed by atoms with E-state index in [1.807, 2.05) is 0 Å². The van der Waals surface area contributed by atoms with Crippen LogP contribution in [0.3, 0.4) is 0 Å². The van der Waals surface area contributed by atoms with Crippen molar-refractivity contribution in [3.63, 3.8) is 0 Å². The molecular formula is C9H16O2. The Morgan fingerprint density at radius 3 is 2.45 bits per heavy atom. The SMILES string of the molecule is CC(C)(O)C1CCCCC1=O. The standard InChI is InChI=1S/C9H16O2/c1-9(2,11)7-5-3-4-6-8(7)10/h7,11H,3-6H2,1-2H3. The summed E-state index contributed by atoms with van der Waals surface area (Å²) in [4.78, 5) is 11.3. The molecule has 0 bridgehead atoms. The maximum Gasteiger partial charge on any atom is 0.138 e. The quantitative estimate of drug-likeness (QED) is 0.625. The summed E-state index contributed by atoms with van der Waals surface area (Å²) in [7, 11) is 0. The van der Waals surface area contributed by atoms with Gasteiger partial charge < -0.3 is 5.11 Å². The zero-order valence-electron chi connectivity index (χ0n) is 7.26. The van der Waals surface area contributed by atoms with E-state index in [4.69, 9.17) is 0 Å². The minimum Gasteiger partial charge on any atom is -0.390 e. The highest BCUT2D eigenvalue weighted by atomic mass is 16.3. The molecule has 0 amide bonds. The topological polar surface area (TPSA) is 37.3 Å². The number of hydrogen-bond acceptors (Lipinski definition) is 2. The van der Waals surface area contributed by atoms with E-state index in [9.17, 15) is 9.90 Å². The molecule has 0 radical (unpaired) electrons. The predicted molar refractivity (Wildman–Crippen MR) is 43.3 cm³/mol. The molecule has 1 rings (SSSR count). The third-order valence-electron chi connectivity index (χ3n) is 2.41. The molecule has 11 heavy (non-hydrogen) atoms. The van der Waals surface area contributed by atoms with Gasteiger partial charge in [0.2, 0.25) is 0 Å². The molecule has 1 fully saturated rings. The Morgan fingerprint density at radius 1 is 1.45 bits per heavy atom. The van der Waals surface area contributed by atoms with Gasteiger partial charge in [-0.05, 0) is 26.7 Å². The highest BCUT2D eigenvalue weighted by Crippen LogP contribution is 2.29. The first kappa shape index (κ1) is 8.72. The Hall–Kier alpha value is -0.370. The fourth-order valence-electron chi connectivity index (χ4n) is 1.73. The van der Waals surface area contributed by atoms with Crippen molar-refractivity contribution in [3.8, 4) is 0 Å². The van der Waals surface area contributed by atoms with E-state index >= 15 is 0 Å². The zero-order chi connectivity index (χ0) is 8.48. The van der Waals surface area contributed by atoms with E-state index in [2.05, 4.69) is 0 Å². The van der Waals surface area contributed by atoms with Gasteiger partial charge in [-0.1, -0.05) is 6.42 Å². The van der Waals surface area contributed by atoms with Crippen LogP contribution in [-0.2, 0) is 4.79 Å². The summed E-state index contributed by atoms with van der Waals surface area (Å²) in [6.07, 6.45) is 3.61. The van der Waals surface area contributed by atoms with Crippen molar-refractivity contribution >= 4 is 5.78 Å². The Bertz CT molecular complexity index is 155. The maximum atomic E-state index is 11.3. The minimum atomic E-state index is -0.808. The summed E-state index contributed by atoms with van der Waals surface area (Å²) in [5.74, 6) is 0.125. The average molecular weight is 156 g/mol. The summed E-state index contributed by atoms with van der Waals surface area (Å²) in [5, 5.41) is 9.59. The van der Waals surface area contributed by atoms with Gasteiger partial charge in [-0.15, -0.1) is 0 Å². The molecule has 1 saturated carbocycles. The molecule has 0 spiro atoms. The number of carbonyl (C=O) groups is 1. The molecule has 1 aliphatic carbocycles. The van der Waals surface area contributed by atoms with Crippen LogP contribution in [0.5, 0.6) is 0 Å². The number of ketones is 1. The summed E-state index contributed by atoms with van der Waals surface area (Å²) in [6.45, 7) is 3.45. The van der Waals surface area contributed by atoms with E-state index < -0.39 is 5.60 Å². The van der Waals surface area contributed by atoms with Crippen LogP contribution in [-0.4, -0.2) is 16.5 Å². The van der Waals surface area contributed by atoms with Gasteiger partial charge in [-0.3, -0.25) is 4.79 Å². The van der Waals surface area contributed by atoms with Crippen molar-refractivity contribution < 1.29 is 9.90 Å². The second kappa shape index (κ2) is 2.94. The van der Waals surface area contributed by atoms with E-state index in [1.165, 1.54) is 0 Å². The predicted octanol–water partition coefficient (Wildman–Crippen LogP) is 1.52. The Morgan fingerprint density at radius 2 is 2.09 bits per heavy atom. The van der Waals surface area contributed by atoms with Gasteiger partial charge in [0, 0.05) is 12.3 Å². The fourth-order valence-corrected chi connectivity index (χ4v) is 1.73. The van der Waals surface area contributed by atoms with Gasteiger partial charge in [0.05, 0.1) is 5.60 Å². The van der Waals surface area contributed by atoms with Crippen LogP contribution >= 0.6 is 0 Å². The zero-order valence-corrected chi connectivity index (χ0v) is 7.26. The Balaban J connectivity index is 2.62.